The lowest BCUT2D eigenvalue weighted by Crippen LogP contribution is -2.36. The highest BCUT2D eigenvalue weighted by atomic mass is 127. The van der Waals surface area contributed by atoms with Crippen molar-refractivity contribution in [3.63, 3.8) is 0 Å². The molecular weight excluding hydrogens is 443 g/mol. The summed E-state index contributed by atoms with van der Waals surface area (Å²) in [5.41, 5.74) is 3.23. The van der Waals surface area contributed by atoms with Crippen molar-refractivity contribution in [1.29, 1.82) is 0 Å². The third-order valence-corrected chi connectivity index (χ3v) is 3.66. The van der Waals surface area contributed by atoms with Crippen molar-refractivity contribution < 1.29 is 9.26 Å². The Balaban J connectivity index is 0.00000338. The topological polar surface area (TPSA) is 71.7 Å². The predicted octanol–water partition coefficient (Wildman–Crippen LogP) is 3.82. The number of ether oxygens (including phenoxy) is 1. The molecule has 0 saturated carbocycles. The molecule has 0 aliphatic rings. The minimum absolute atomic E-state index is 0. The van der Waals surface area contributed by atoms with Crippen molar-refractivity contribution in [2.24, 2.45) is 4.99 Å². The Morgan fingerprint density at radius 1 is 1.23 bits per heavy atom. The first-order valence-electron chi connectivity index (χ1n) is 8.67. The zero-order valence-electron chi connectivity index (χ0n) is 16.1. The van der Waals surface area contributed by atoms with Gasteiger partial charge in [0.15, 0.2) is 11.7 Å². The first-order chi connectivity index (χ1) is 12.0. The van der Waals surface area contributed by atoms with Gasteiger partial charge in [-0.2, -0.15) is 0 Å². The molecule has 0 aliphatic heterocycles. The molecule has 2 rings (SSSR count). The molecule has 0 amide bonds. The lowest BCUT2D eigenvalue weighted by Gasteiger charge is -2.17. The average Bonchev–Trinajstić information content (AvgIpc) is 3.04. The molecule has 144 valence electrons. The second kappa shape index (κ2) is 11.1. The van der Waals surface area contributed by atoms with Crippen LogP contribution in [0.2, 0.25) is 0 Å². The van der Waals surface area contributed by atoms with Gasteiger partial charge in [0.1, 0.15) is 5.75 Å². The van der Waals surface area contributed by atoms with Gasteiger partial charge >= 0.3 is 0 Å². The Bertz CT molecular complexity index is 713. The number of rotatable bonds is 7. The minimum atomic E-state index is 0. The van der Waals surface area contributed by atoms with Crippen molar-refractivity contribution in [1.82, 2.24) is 15.8 Å². The van der Waals surface area contributed by atoms with Crippen molar-refractivity contribution >= 4 is 29.9 Å². The van der Waals surface area contributed by atoms with E-state index in [-0.39, 0.29) is 30.1 Å². The molecule has 2 N–H and O–H groups in total. The minimum Gasteiger partial charge on any atom is -0.491 e. The molecule has 0 radical (unpaired) electrons. The summed E-state index contributed by atoms with van der Waals surface area (Å²) in [5, 5.41) is 10.5. The molecule has 0 bridgehead atoms. The van der Waals surface area contributed by atoms with E-state index in [0.717, 1.165) is 29.2 Å². The van der Waals surface area contributed by atoms with E-state index in [1.54, 1.807) is 7.05 Å². The van der Waals surface area contributed by atoms with E-state index in [4.69, 9.17) is 9.26 Å². The zero-order valence-corrected chi connectivity index (χ0v) is 18.5. The van der Waals surface area contributed by atoms with Gasteiger partial charge in [-0.1, -0.05) is 24.2 Å². The number of nitrogens with one attached hydrogen (secondary N) is 2. The monoisotopic (exact) mass is 472 g/mol. The maximum Gasteiger partial charge on any atom is 0.191 e. The number of guanidine groups is 1. The van der Waals surface area contributed by atoms with Crippen LogP contribution in [0.5, 0.6) is 5.75 Å². The lowest BCUT2D eigenvalue weighted by atomic mass is 10.1. The van der Waals surface area contributed by atoms with E-state index in [9.17, 15) is 0 Å². The number of halogens is 1. The van der Waals surface area contributed by atoms with Gasteiger partial charge in [0.2, 0.25) is 0 Å². The van der Waals surface area contributed by atoms with Crippen LogP contribution in [0.3, 0.4) is 0 Å². The Kier molecular flexibility index (Phi) is 9.47. The highest BCUT2D eigenvalue weighted by molar-refractivity contribution is 14.0. The fourth-order valence-corrected chi connectivity index (χ4v) is 2.35. The van der Waals surface area contributed by atoms with Gasteiger partial charge in [0, 0.05) is 25.2 Å². The van der Waals surface area contributed by atoms with E-state index in [1.807, 2.05) is 26.8 Å². The van der Waals surface area contributed by atoms with Crippen LogP contribution in [0.1, 0.15) is 43.4 Å². The molecular formula is C19H29IN4O2. The molecule has 1 heterocycles. The third kappa shape index (κ3) is 6.86. The Morgan fingerprint density at radius 3 is 2.58 bits per heavy atom. The van der Waals surface area contributed by atoms with Crippen LogP contribution in [-0.2, 0) is 19.5 Å². The van der Waals surface area contributed by atoms with Crippen LogP contribution in [0.4, 0.5) is 0 Å². The Morgan fingerprint density at radius 2 is 1.96 bits per heavy atom. The van der Waals surface area contributed by atoms with Crippen LogP contribution in [0.25, 0.3) is 0 Å². The number of aromatic nitrogens is 1. The summed E-state index contributed by atoms with van der Waals surface area (Å²) < 4.78 is 11.2. The Hall–Kier alpha value is -1.77. The molecule has 0 saturated heterocycles. The van der Waals surface area contributed by atoms with E-state index in [2.05, 4.69) is 45.9 Å². The van der Waals surface area contributed by atoms with Crippen LogP contribution < -0.4 is 15.4 Å². The molecule has 26 heavy (non-hydrogen) atoms. The number of hydrogen-bond donors (Lipinski definition) is 2. The summed E-state index contributed by atoms with van der Waals surface area (Å²) >= 11 is 0. The van der Waals surface area contributed by atoms with Gasteiger partial charge < -0.3 is 19.9 Å². The number of aliphatic imine (C=N–C) groups is 1. The number of aryl methyl sites for hydroxylation is 2. The smallest absolute Gasteiger partial charge is 0.191 e. The third-order valence-electron chi connectivity index (χ3n) is 3.66. The molecule has 0 aliphatic carbocycles. The van der Waals surface area contributed by atoms with Gasteiger partial charge in [-0.05, 0) is 38.8 Å². The highest BCUT2D eigenvalue weighted by Gasteiger charge is 2.08. The fourth-order valence-electron chi connectivity index (χ4n) is 2.35. The number of nitrogens with zero attached hydrogens (tertiary/aromatic N) is 2. The molecule has 1 aromatic heterocycles. The molecule has 0 unspecified atom stereocenters. The molecule has 0 fully saturated rings. The summed E-state index contributed by atoms with van der Waals surface area (Å²) in [6.45, 7) is 9.33. The zero-order chi connectivity index (χ0) is 18.2. The van der Waals surface area contributed by atoms with Crippen molar-refractivity contribution in [2.45, 2.75) is 53.3 Å². The molecule has 7 heteroatoms. The molecule has 1 aromatic carbocycles. The van der Waals surface area contributed by atoms with Gasteiger partial charge in [-0.15, -0.1) is 24.0 Å². The van der Waals surface area contributed by atoms with Crippen LogP contribution in [0.15, 0.2) is 33.8 Å². The van der Waals surface area contributed by atoms with Crippen LogP contribution in [-0.4, -0.2) is 24.3 Å². The van der Waals surface area contributed by atoms with Crippen molar-refractivity contribution in [3.05, 3.63) is 46.8 Å². The Labute approximate surface area is 172 Å². The van der Waals surface area contributed by atoms with E-state index in [1.165, 1.54) is 5.56 Å². The quantitative estimate of drug-likeness (QED) is 0.364. The van der Waals surface area contributed by atoms with Crippen molar-refractivity contribution in [2.75, 3.05) is 7.05 Å². The van der Waals surface area contributed by atoms with Crippen LogP contribution >= 0.6 is 24.0 Å². The maximum atomic E-state index is 5.91. The normalized spacial score (nSPS) is 11.2. The highest BCUT2D eigenvalue weighted by Crippen LogP contribution is 2.21. The second-order valence-electron chi connectivity index (χ2n) is 6.20. The van der Waals surface area contributed by atoms with Gasteiger partial charge in [0.05, 0.1) is 18.3 Å². The summed E-state index contributed by atoms with van der Waals surface area (Å²) in [6, 6.07) is 8.18. The van der Waals surface area contributed by atoms with Gasteiger partial charge in [0.25, 0.3) is 0 Å². The second-order valence-corrected chi connectivity index (χ2v) is 6.20. The molecule has 6 nitrogen and oxygen atoms in total. The maximum absolute atomic E-state index is 5.91. The van der Waals surface area contributed by atoms with E-state index in [0.29, 0.717) is 19.0 Å². The molecule has 0 spiro atoms. The largest absolute Gasteiger partial charge is 0.491 e. The van der Waals surface area contributed by atoms with Crippen LogP contribution in [0, 0.1) is 6.92 Å². The summed E-state index contributed by atoms with van der Waals surface area (Å²) in [5.74, 6) is 2.39. The number of benzene rings is 1. The predicted molar refractivity (Wildman–Crippen MR) is 115 cm³/mol. The first kappa shape index (κ1) is 22.3. The van der Waals surface area contributed by atoms with Gasteiger partial charge in [-0.25, -0.2) is 0 Å². The van der Waals surface area contributed by atoms with E-state index >= 15 is 0 Å². The van der Waals surface area contributed by atoms with Crippen molar-refractivity contribution in [3.8, 4) is 5.75 Å². The standard InChI is InChI=1S/C19H28N4O2.HI/c1-6-16-10-17(25-23-16)12-22-19(20-5)21-11-15-8-7-14(4)9-18(15)24-13(2)3;/h7-10,13H,6,11-12H2,1-5H3,(H2,20,21,22);1H. The number of hydrogen-bond acceptors (Lipinski definition) is 4. The van der Waals surface area contributed by atoms with E-state index < -0.39 is 0 Å². The molecule has 2 aromatic rings. The average molecular weight is 472 g/mol. The summed E-state index contributed by atoms with van der Waals surface area (Å²) in [6.07, 6.45) is 1.000. The summed E-state index contributed by atoms with van der Waals surface area (Å²) in [7, 11) is 1.74. The summed E-state index contributed by atoms with van der Waals surface area (Å²) in [4.78, 5) is 4.24. The SMILES string of the molecule is CCc1cc(CNC(=NC)NCc2ccc(C)cc2OC(C)C)on1.I. The fraction of sp³-hybridized carbons (Fsp3) is 0.474. The first-order valence-corrected chi connectivity index (χ1v) is 8.67. The van der Waals surface area contributed by atoms with Gasteiger partial charge in [-0.3, -0.25) is 4.99 Å². The molecule has 0 atom stereocenters. The lowest BCUT2D eigenvalue weighted by molar-refractivity contribution is 0.239.